The van der Waals surface area contributed by atoms with Gasteiger partial charge >= 0.3 is 6.09 Å². The molecule has 1 aliphatic heterocycles. The highest BCUT2D eigenvalue weighted by atomic mass is 16.6. The number of ether oxygens (including phenoxy) is 1. The first-order valence-corrected chi connectivity index (χ1v) is 4.39. The Kier molecular flexibility index (Phi) is 2.04. The molecule has 2 rings (SSSR count). The molecule has 0 aliphatic carbocycles. The Labute approximate surface area is 81.5 Å². The van der Waals surface area contributed by atoms with Crippen molar-refractivity contribution < 1.29 is 14.6 Å². The molecule has 0 spiro atoms. The average molecular weight is 193 g/mol. The van der Waals surface area contributed by atoms with Crippen LogP contribution in [-0.4, -0.2) is 17.8 Å². The zero-order valence-electron chi connectivity index (χ0n) is 7.78. The fourth-order valence-corrected chi connectivity index (χ4v) is 1.50. The van der Waals surface area contributed by atoms with Crippen LogP contribution in [-0.2, 0) is 4.74 Å². The second-order valence-corrected chi connectivity index (χ2v) is 3.36. The van der Waals surface area contributed by atoms with Gasteiger partial charge in [-0.25, -0.2) is 4.79 Å². The molecule has 1 aromatic carbocycles. The zero-order chi connectivity index (χ0) is 10.1. The van der Waals surface area contributed by atoms with Crippen LogP contribution in [0.4, 0.5) is 4.79 Å². The van der Waals surface area contributed by atoms with E-state index in [0.29, 0.717) is 5.56 Å². The van der Waals surface area contributed by atoms with Gasteiger partial charge < -0.3 is 15.2 Å². The molecule has 1 atom stereocenters. The number of nitrogens with one attached hydrogen (secondary N) is 1. The van der Waals surface area contributed by atoms with Gasteiger partial charge in [0.1, 0.15) is 12.4 Å². The first-order valence-electron chi connectivity index (χ1n) is 4.39. The lowest BCUT2D eigenvalue weighted by Gasteiger charge is -2.09. The number of benzene rings is 1. The van der Waals surface area contributed by atoms with Crippen molar-refractivity contribution in [3.63, 3.8) is 0 Å². The number of carbonyl (C=O) groups excluding carboxylic acids is 1. The molecule has 0 saturated carbocycles. The summed E-state index contributed by atoms with van der Waals surface area (Å²) < 4.78 is 4.74. The van der Waals surface area contributed by atoms with Crippen LogP contribution in [0.2, 0.25) is 0 Å². The van der Waals surface area contributed by atoms with Gasteiger partial charge in [-0.3, -0.25) is 0 Å². The molecule has 14 heavy (non-hydrogen) atoms. The molecule has 0 radical (unpaired) electrons. The number of alkyl carbamates (subject to hydrolysis) is 1. The van der Waals surface area contributed by atoms with E-state index in [1.165, 1.54) is 0 Å². The third-order valence-electron chi connectivity index (χ3n) is 2.23. The van der Waals surface area contributed by atoms with Gasteiger partial charge in [-0.15, -0.1) is 0 Å². The molecule has 4 heteroatoms. The summed E-state index contributed by atoms with van der Waals surface area (Å²) in [6, 6.07) is 5.12. The molecule has 1 fully saturated rings. The lowest BCUT2D eigenvalue weighted by Crippen LogP contribution is -2.18. The van der Waals surface area contributed by atoms with Crippen LogP contribution in [0.15, 0.2) is 18.2 Å². The van der Waals surface area contributed by atoms with Crippen molar-refractivity contribution in [2.24, 2.45) is 0 Å². The lowest BCUT2D eigenvalue weighted by atomic mass is 10.1. The van der Waals surface area contributed by atoms with Crippen molar-refractivity contribution in [2.75, 3.05) is 6.61 Å². The second-order valence-electron chi connectivity index (χ2n) is 3.36. The molecule has 1 heterocycles. The number of phenols is 1. The summed E-state index contributed by atoms with van der Waals surface area (Å²) in [6.45, 7) is 2.17. The van der Waals surface area contributed by atoms with Crippen molar-refractivity contribution in [2.45, 2.75) is 13.0 Å². The summed E-state index contributed by atoms with van der Waals surface area (Å²) in [7, 11) is 0. The Morgan fingerprint density at radius 1 is 1.57 bits per heavy atom. The number of aryl methyl sites for hydroxylation is 1. The number of cyclic esters (lactones) is 1. The molecule has 0 bridgehead atoms. The van der Waals surface area contributed by atoms with Crippen LogP contribution in [0.5, 0.6) is 5.75 Å². The van der Waals surface area contributed by atoms with Gasteiger partial charge in [-0.05, 0) is 18.6 Å². The Balaban J connectivity index is 2.28. The Bertz CT molecular complexity index is 376. The molecule has 2 N–H and O–H groups in total. The largest absolute Gasteiger partial charge is 0.508 e. The zero-order valence-corrected chi connectivity index (χ0v) is 7.78. The van der Waals surface area contributed by atoms with Gasteiger partial charge in [0.05, 0.1) is 6.04 Å². The normalized spacial score (nSPS) is 20.4. The van der Waals surface area contributed by atoms with E-state index in [9.17, 15) is 9.90 Å². The number of aromatic hydroxyl groups is 1. The minimum absolute atomic E-state index is 0.195. The fraction of sp³-hybridized carbons (Fsp3) is 0.300. The lowest BCUT2D eigenvalue weighted by molar-refractivity contribution is 0.177. The predicted molar refractivity (Wildman–Crippen MR) is 50.1 cm³/mol. The molecule has 0 unspecified atom stereocenters. The number of amides is 1. The maximum atomic E-state index is 10.8. The van der Waals surface area contributed by atoms with Gasteiger partial charge in [0.15, 0.2) is 0 Å². The SMILES string of the molecule is Cc1ccc([C@H]2COC(=O)N2)c(O)c1. The summed E-state index contributed by atoms with van der Waals surface area (Å²) in [5, 5.41) is 12.2. The van der Waals surface area contributed by atoms with Crippen LogP contribution in [0, 0.1) is 6.92 Å². The summed E-state index contributed by atoms with van der Waals surface area (Å²) in [4.78, 5) is 10.8. The third kappa shape index (κ3) is 1.51. The Morgan fingerprint density at radius 3 is 2.93 bits per heavy atom. The summed E-state index contributed by atoms with van der Waals surface area (Å²) in [6.07, 6.45) is -0.435. The third-order valence-corrected chi connectivity index (χ3v) is 2.23. The number of rotatable bonds is 1. The first kappa shape index (κ1) is 8.87. The first-order chi connectivity index (χ1) is 6.66. The quantitative estimate of drug-likeness (QED) is 0.710. The highest BCUT2D eigenvalue weighted by Gasteiger charge is 2.25. The maximum absolute atomic E-state index is 10.8. The van der Waals surface area contributed by atoms with Crippen LogP contribution < -0.4 is 5.32 Å². The fourth-order valence-electron chi connectivity index (χ4n) is 1.50. The molecular formula is C10H11NO3. The minimum atomic E-state index is -0.435. The maximum Gasteiger partial charge on any atom is 0.407 e. The summed E-state index contributed by atoms with van der Waals surface area (Å²) in [5.74, 6) is 0.195. The van der Waals surface area contributed by atoms with E-state index in [2.05, 4.69) is 5.32 Å². The van der Waals surface area contributed by atoms with Crippen molar-refractivity contribution >= 4 is 6.09 Å². The molecule has 0 aromatic heterocycles. The number of phenolic OH excluding ortho intramolecular Hbond substituents is 1. The monoisotopic (exact) mass is 193 g/mol. The van der Waals surface area contributed by atoms with Crippen molar-refractivity contribution in [3.05, 3.63) is 29.3 Å². The Morgan fingerprint density at radius 2 is 2.36 bits per heavy atom. The molecule has 1 amide bonds. The summed E-state index contributed by atoms with van der Waals surface area (Å²) >= 11 is 0. The van der Waals surface area contributed by atoms with E-state index in [1.807, 2.05) is 13.0 Å². The van der Waals surface area contributed by atoms with Crippen molar-refractivity contribution in [1.82, 2.24) is 5.32 Å². The van der Waals surface area contributed by atoms with Crippen LogP contribution in [0.1, 0.15) is 17.2 Å². The Hall–Kier alpha value is -1.71. The van der Waals surface area contributed by atoms with E-state index in [4.69, 9.17) is 4.74 Å². The van der Waals surface area contributed by atoms with E-state index in [0.717, 1.165) is 5.56 Å². The van der Waals surface area contributed by atoms with Gasteiger partial charge in [-0.1, -0.05) is 12.1 Å². The predicted octanol–water partition coefficient (Wildman–Crippen LogP) is 1.48. The number of carbonyl (C=O) groups is 1. The molecule has 1 saturated heterocycles. The second kappa shape index (κ2) is 3.21. The minimum Gasteiger partial charge on any atom is -0.508 e. The van der Waals surface area contributed by atoms with E-state index in [-0.39, 0.29) is 18.4 Å². The molecular weight excluding hydrogens is 182 g/mol. The number of hydrogen-bond donors (Lipinski definition) is 2. The average Bonchev–Trinajstić information content (AvgIpc) is 2.51. The summed E-state index contributed by atoms with van der Waals surface area (Å²) in [5.41, 5.74) is 1.68. The van der Waals surface area contributed by atoms with Crippen LogP contribution in [0.3, 0.4) is 0 Å². The molecule has 1 aliphatic rings. The van der Waals surface area contributed by atoms with E-state index < -0.39 is 6.09 Å². The van der Waals surface area contributed by atoms with Gasteiger partial charge in [0.25, 0.3) is 0 Å². The van der Waals surface area contributed by atoms with Gasteiger partial charge in [-0.2, -0.15) is 0 Å². The smallest absolute Gasteiger partial charge is 0.407 e. The van der Waals surface area contributed by atoms with E-state index in [1.54, 1.807) is 12.1 Å². The molecule has 4 nitrogen and oxygen atoms in total. The van der Waals surface area contributed by atoms with Crippen LogP contribution in [0.25, 0.3) is 0 Å². The highest BCUT2D eigenvalue weighted by Crippen LogP contribution is 2.27. The topological polar surface area (TPSA) is 58.6 Å². The number of hydrogen-bond acceptors (Lipinski definition) is 3. The van der Waals surface area contributed by atoms with Crippen molar-refractivity contribution in [1.29, 1.82) is 0 Å². The van der Waals surface area contributed by atoms with E-state index >= 15 is 0 Å². The molecule has 1 aromatic rings. The van der Waals surface area contributed by atoms with Crippen molar-refractivity contribution in [3.8, 4) is 5.75 Å². The highest BCUT2D eigenvalue weighted by molar-refractivity contribution is 5.70. The van der Waals surface area contributed by atoms with Gasteiger partial charge in [0, 0.05) is 5.56 Å². The van der Waals surface area contributed by atoms with Crippen LogP contribution >= 0.6 is 0 Å². The van der Waals surface area contributed by atoms with Gasteiger partial charge in [0.2, 0.25) is 0 Å². The molecule has 74 valence electrons. The standard InChI is InChI=1S/C10H11NO3/c1-6-2-3-7(9(12)4-6)8-5-14-10(13)11-8/h2-4,8,12H,5H2,1H3,(H,11,13)/t8-/m1/s1.